The predicted molar refractivity (Wildman–Crippen MR) is 118 cm³/mol. The molecule has 0 aliphatic rings. The first-order valence-electron chi connectivity index (χ1n) is 9.27. The molecule has 3 rings (SSSR count). The lowest BCUT2D eigenvalue weighted by atomic mass is 9.85. The number of hydrogen-bond acceptors (Lipinski definition) is 5. The molecule has 0 aliphatic carbocycles. The summed E-state index contributed by atoms with van der Waals surface area (Å²) in [6.45, 7) is 6.23. The Bertz CT molecular complexity index is 1000. The molecule has 5 nitrogen and oxygen atoms in total. The lowest BCUT2D eigenvalue weighted by Gasteiger charge is -2.21. The van der Waals surface area contributed by atoms with Gasteiger partial charge < -0.3 is 15.3 Å². The molecular weight excluding hydrogens is 364 g/mol. The van der Waals surface area contributed by atoms with Crippen LogP contribution < -0.4 is 0 Å². The topological polar surface area (TPSA) is 85.4 Å². The van der Waals surface area contributed by atoms with E-state index in [9.17, 15) is 15.3 Å². The second kappa shape index (κ2) is 8.19. The zero-order chi connectivity index (χ0) is 21.0. The molecule has 0 amide bonds. The van der Waals surface area contributed by atoms with Crippen molar-refractivity contribution in [2.45, 2.75) is 26.2 Å². The Labute approximate surface area is 170 Å². The highest BCUT2D eigenvalue weighted by Crippen LogP contribution is 2.32. The number of aromatic hydroxyl groups is 3. The van der Waals surface area contributed by atoms with Crippen LogP contribution in [0.4, 0.5) is 11.4 Å². The third-order valence-electron chi connectivity index (χ3n) is 4.48. The SMILES string of the molecule is CC(C)(C)c1cc(C=Nc2ccccc2O)c(O)c(C=Nc2ccccc2O)c1. The Morgan fingerprint density at radius 2 is 1.10 bits per heavy atom. The maximum absolute atomic E-state index is 10.8. The van der Waals surface area contributed by atoms with Crippen LogP contribution in [0.2, 0.25) is 0 Å². The zero-order valence-electron chi connectivity index (χ0n) is 16.7. The summed E-state index contributed by atoms with van der Waals surface area (Å²) in [4.78, 5) is 8.63. The summed E-state index contributed by atoms with van der Waals surface area (Å²) in [6, 6.07) is 17.2. The van der Waals surface area contributed by atoms with Crippen molar-refractivity contribution in [3.63, 3.8) is 0 Å². The van der Waals surface area contributed by atoms with E-state index in [0.717, 1.165) is 5.56 Å². The van der Waals surface area contributed by atoms with Gasteiger partial charge in [-0.1, -0.05) is 45.0 Å². The highest BCUT2D eigenvalue weighted by molar-refractivity contribution is 5.94. The first-order valence-corrected chi connectivity index (χ1v) is 9.27. The lowest BCUT2D eigenvalue weighted by Crippen LogP contribution is -2.12. The maximum Gasteiger partial charge on any atom is 0.141 e. The number of hydrogen-bond donors (Lipinski definition) is 3. The fourth-order valence-electron chi connectivity index (χ4n) is 2.73. The summed E-state index contributed by atoms with van der Waals surface area (Å²) in [5.41, 5.74) is 2.68. The summed E-state index contributed by atoms with van der Waals surface area (Å²) >= 11 is 0. The molecule has 0 saturated carbocycles. The zero-order valence-corrected chi connectivity index (χ0v) is 16.7. The summed E-state index contributed by atoms with van der Waals surface area (Å²) in [5.74, 6) is 0.157. The van der Waals surface area contributed by atoms with E-state index in [2.05, 4.69) is 30.8 Å². The summed E-state index contributed by atoms with van der Waals surface area (Å²) in [7, 11) is 0. The lowest BCUT2D eigenvalue weighted by molar-refractivity contribution is 0.471. The Kier molecular flexibility index (Phi) is 5.69. The van der Waals surface area contributed by atoms with Gasteiger partial charge in [-0.3, -0.25) is 9.98 Å². The van der Waals surface area contributed by atoms with Crippen molar-refractivity contribution in [3.8, 4) is 17.2 Å². The number of para-hydroxylation sites is 4. The van der Waals surface area contributed by atoms with Gasteiger partial charge in [-0.05, 0) is 47.4 Å². The van der Waals surface area contributed by atoms with Gasteiger partial charge in [0.25, 0.3) is 0 Å². The monoisotopic (exact) mass is 388 g/mol. The quantitative estimate of drug-likeness (QED) is 0.508. The van der Waals surface area contributed by atoms with Gasteiger partial charge >= 0.3 is 0 Å². The third kappa shape index (κ3) is 4.82. The minimum Gasteiger partial charge on any atom is -0.507 e. The first kappa shape index (κ1) is 20.1. The number of phenolic OH excluding ortho intramolecular Hbond substituents is 3. The Morgan fingerprint density at radius 1 is 0.690 bits per heavy atom. The fourth-order valence-corrected chi connectivity index (χ4v) is 2.73. The van der Waals surface area contributed by atoms with E-state index in [1.165, 1.54) is 12.4 Å². The van der Waals surface area contributed by atoms with Gasteiger partial charge in [0.05, 0.1) is 0 Å². The highest BCUT2D eigenvalue weighted by atomic mass is 16.3. The van der Waals surface area contributed by atoms with Crippen molar-refractivity contribution < 1.29 is 15.3 Å². The molecule has 148 valence electrons. The van der Waals surface area contributed by atoms with E-state index in [1.54, 1.807) is 48.5 Å². The van der Waals surface area contributed by atoms with Gasteiger partial charge in [0.1, 0.15) is 28.6 Å². The summed E-state index contributed by atoms with van der Waals surface area (Å²) < 4.78 is 0. The second-order valence-corrected chi connectivity index (χ2v) is 7.75. The largest absolute Gasteiger partial charge is 0.507 e. The fraction of sp³-hybridized carbons (Fsp3) is 0.167. The van der Waals surface area contributed by atoms with E-state index in [4.69, 9.17) is 0 Å². The van der Waals surface area contributed by atoms with Crippen LogP contribution in [0.5, 0.6) is 17.2 Å². The molecule has 0 atom stereocenters. The average Bonchev–Trinajstić information content (AvgIpc) is 2.67. The molecular formula is C24H24N2O3. The molecule has 3 N–H and O–H groups in total. The van der Waals surface area contributed by atoms with Crippen molar-refractivity contribution in [1.82, 2.24) is 0 Å². The number of rotatable bonds is 4. The third-order valence-corrected chi connectivity index (χ3v) is 4.48. The van der Waals surface area contributed by atoms with E-state index in [-0.39, 0.29) is 22.7 Å². The van der Waals surface area contributed by atoms with Gasteiger partial charge in [-0.15, -0.1) is 0 Å². The molecule has 5 heteroatoms. The molecule has 0 radical (unpaired) electrons. The van der Waals surface area contributed by atoms with Gasteiger partial charge in [0.2, 0.25) is 0 Å². The molecule has 0 saturated heterocycles. The molecule has 0 fully saturated rings. The number of benzene rings is 3. The predicted octanol–water partition coefficient (Wildman–Crippen LogP) is 5.60. The molecule has 29 heavy (non-hydrogen) atoms. The molecule has 3 aromatic rings. The van der Waals surface area contributed by atoms with Crippen molar-refractivity contribution >= 4 is 23.8 Å². The molecule has 0 spiro atoms. The molecule has 0 unspecified atom stereocenters. The van der Waals surface area contributed by atoms with Crippen LogP contribution in [0.25, 0.3) is 0 Å². The van der Waals surface area contributed by atoms with Crippen LogP contribution >= 0.6 is 0 Å². The molecule has 0 aliphatic heterocycles. The van der Waals surface area contributed by atoms with Crippen LogP contribution in [-0.2, 0) is 5.41 Å². The summed E-state index contributed by atoms with van der Waals surface area (Å²) in [6.07, 6.45) is 3.05. The van der Waals surface area contributed by atoms with E-state index in [1.807, 2.05) is 12.1 Å². The van der Waals surface area contributed by atoms with Gasteiger partial charge in [-0.2, -0.15) is 0 Å². The van der Waals surface area contributed by atoms with E-state index < -0.39 is 0 Å². The van der Waals surface area contributed by atoms with E-state index in [0.29, 0.717) is 22.5 Å². The van der Waals surface area contributed by atoms with Crippen molar-refractivity contribution in [2.75, 3.05) is 0 Å². The Morgan fingerprint density at radius 3 is 1.48 bits per heavy atom. The molecule has 0 bridgehead atoms. The number of aliphatic imine (C=N–C) groups is 2. The Balaban J connectivity index is 2.06. The average molecular weight is 388 g/mol. The first-order chi connectivity index (χ1) is 13.8. The minimum absolute atomic E-state index is 0.0244. The van der Waals surface area contributed by atoms with Gasteiger partial charge in [0.15, 0.2) is 0 Å². The van der Waals surface area contributed by atoms with Crippen molar-refractivity contribution in [3.05, 3.63) is 77.4 Å². The van der Waals surface area contributed by atoms with Gasteiger partial charge in [0, 0.05) is 23.6 Å². The van der Waals surface area contributed by atoms with Crippen LogP contribution in [0, 0.1) is 0 Å². The molecule has 0 aromatic heterocycles. The molecule has 3 aromatic carbocycles. The van der Waals surface area contributed by atoms with Crippen molar-refractivity contribution in [1.29, 1.82) is 0 Å². The standard InChI is InChI=1S/C24H24N2O3/c1-24(2,3)18-12-16(14-25-19-8-4-6-10-21(19)27)23(29)17(13-18)15-26-20-9-5-7-11-22(20)28/h4-15,27-29H,1-3H3. The number of nitrogens with zero attached hydrogens (tertiary/aromatic N) is 2. The van der Waals surface area contributed by atoms with E-state index >= 15 is 0 Å². The second-order valence-electron chi connectivity index (χ2n) is 7.75. The Hall–Kier alpha value is -3.60. The normalized spacial score (nSPS) is 12.1. The minimum atomic E-state index is -0.164. The van der Waals surface area contributed by atoms with Crippen LogP contribution in [0.3, 0.4) is 0 Å². The van der Waals surface area contributed by atoms with Crippen LogP contribution in [0.1, 0.15) is 37.5 Å². The van der Waals surface area contributed by atoms with Crippen molar-refractivity contribution in [2.24, 2.45) is 9.98 Å². The van der Waals surface area contributed by atoms with Crippen LogP contribution in [-0.4, -0.2) is 27.7 Å². The molecule has 0 heterocycles. The van der Waals surface area contributed by atoms with Crippen LogP contribution in [0.15, 0.2) is 70.6 Å². The summed E-state index contributed by atoms with van der Waals surface area (Å²) in [5, 5.41) is 30.6. The number of phenols is 3. The smallest absolute Gasteiger partial charge is 0.141 e. The maximum atomic E-state index is 10.8. The highest BCUT2D eigenvalue weighted by Gasteiger charge is 2.18. The van der Waals surface area contributed by atoms with Gasteiger partial charge in [-0.25, -0.2) is 0 Å².